The van der Waals surface area contributed by atoms with Crippen molar-refractivity contribution in [3.63, 3.8) is 0 Å². The number of aliphatic hydroxyl groups is 1. The molecule has 0 aliphatic carbocycles. The molecule has 0 radical (unpaired) electrons. The number of halogens is 4. The number of benzene rings is 9. The Morgan fingerprint density at radius 3 is 1.23 bits per heavy atom. The molecule has 3 aliphatic rings. The lowest BCUT2D eigenvalue weighted by Crippen LogP contribution is -2.22. The molecule has 3 aliphatic heterocycles. The third-order valence-corrected chi connectivity index (χ3v) is 18.3. The van der Waals surface area contributed by atoms with E-state index in [4.69, 9.17) is 33.8 Å². The second kappa shape index (κ2) is 35.3. The lowest BCUT2D eigenvalue weighted by atomic mass is 10.0. The molecule has 111 heavy (non-hydrogen) atoms. The van der Waals surface area contributed by atoms with E-state index < -0.39 is 21.4 Å². The molecule has 0 bridgehead atoms. The molecule has 6 heterocycles. The van der Waals surface area contributed by atoms with Gasteiger partial charge in [0.15, 0.2) is 0 Å². The minimum absolute atomic E-state index is 0.00651. The number of hydrogen-bond acceptors (Lipinski definition) is 23. The summed E-state index contributed by atoms with van der Waals surface area (Å²) in [6.45, 7) is 8.75. The summed E-state index contributed by atoms with van der Waals surface area (Å²) in [6, 6.07) is 43.7. The first-order chi connectivity index (χ1) is 53.6. The highest BCUT2D eigenvalue weighted by atomic mass is 19.1. The molecule has 12 aromatic rings. The molecule has 26 nitrogen and oxygen atoms in total. The molecular weight excluding hydrogens is 1430 g/mol. The van der Waals surface area contributed by atoms with Gasteiger partial charge in [-0.2, -0.15) is 4.39 Å². The number of likely N-dealkylation sites (N-methyl/N-ethyl adjacent to an activating group) is 3. The predicted molar refractivity (Wildman–Crippen MR) is 417 cm³/mol. The van der Waals surface area contributed by atoms with E-state index in [0.717, 1.165) is 91.4 Å². The van der Waals surface area contributed by atoms with Crippen molar-refractivity contribution in [1.82, 2.24) is 44.6 Å². The zero-order valence-corrected chi connectivity index (χ0v) is 61.2. The van der Waals surface area contributed by atoms with Gasteiger partial charge in [-0.15, -0.1) is 0 Å². The largest absolute Gasteiger partial charge is 0.494 e. The Morgan fingerprint density at radius 1 is 0.486 bits per heavy atom. The zero-order valence-electron chi connectivity index (χ0n) is 61.2. The number of methoxy groups -OCH3 is 3. The van der Waals surface area contributed by atoms with Crippen molar-refractivity contribution in [1.29, 1.82) is 0 Å². The zero-order chi connectivity index (χ0) is 78.4. The van der Waals surface area contributed by atoms with E-state index in [1.54, 1.807) is 74.2 Å². The van der Waals surface area contributed by atoms with Crippen LogP contribution in [0.15, 0.2) is 195 Å². The summed E-state index contributed by atoms with van der Waals surface area (Å²) < 4.78 is 83.8. The first-order valence-corrected chi connectivity index (χ1v) is 35.1. The standard InChI is InChI=1S/C29H28FN5O3.C26H24FN5O4.C21H14F2N4O3.C5H11NO/c1-4-27(36)32-24-14-23(25(37-3)15-26(24)38-21-11-12-35(2)17-21)33-29-31-16-19-8-6-10-22(28(19)34-29)18-7-5-9-20(30)13-18;1-31-10-9-19(15-31)36-24-13-23(35-2)21(12-22(24)32(33)34)29-26-28-14-17-6-4-8-20(25(17)30-26)16-5-3-7-18(27)11-16;1-30-19-9-16(23)18(27(28)29)10-17(19)25-21-24-11-13-5-3-7-15(20(13)26-21)12-4-2-6-14(22)8-12;1-6-3-2-5(7)4-6/h4-10,13-16,21H,1,11-12,17H2,2-3H3,(H,32,36)(H,31,33,34);3-8,11-14,19H,9-10,15H2,1-2H3,(H,28,29,30);2-11H,1H3,(H,24,25,26);5,7H,2-4H2,1H3. The predicted octanol–water partition coefficient (Wildman–Crippen LogP) is 15.5. The van der Waals surface area contributed by atoms with Gasteiger partial charge in [-0.1, -0.05) is 97.6 Å². The normalized spacial score (nSPS) is 15.4. The molecule has 3 saturated heterocycles. The number of rotatable bonds is 20. The van der Waals surface area contributed by atoms with E-state index >= 15 is 0 Å². The number of β-amino-alcohol motifs (C(OH)–C–C–N with tert-alkyl or cyclic N) is 1. The lowest BCUT2D eigenvalue weighted by molar-refractivity contribution is -0.387. The summed E-state index contributed by atoms with van der Waals surface area (Å²) in [4.78, 5) is 67.1. The number of aliphatic hydroxyl groups excluding tert-OH is 1. The van der Waals surface area contributed by atoms with E-state index in [-0.39, 0.29) is 76.4 Å². The van der Waals surface area contributed by atoms with Crippen LogP contribution in [0.4, 0.5) is 69.5 Å². The summed E-state index contributed by atoms with van der Waals surface area (Å²) in [5.74, 6) is -0.243. The van der Waals surface area contributed by atoms with Crippen LogP contribution in [-0.4, -0.2) is 166 Å². The fraction of sp³-hybridized carbons (Fsp3) is 0.222. The molecule has 3 unspecified atom stereocenters. The molecule has 0 saturated carbocycles. The van der Waals surface area contributed by atoms with Gasteiger partial charge in [0.25, 0.3) is 0 Å². The fourth-order valence-corrected chi connectivity index (χ4v) is 12.8. The molecule has 3 fully saturated rings. The number of fused-ring (bicyclic) bond motifs is 3. The van der Waals surface area contributed by atoms with E-state index in [9.17, 15) is 42.6 Å². The molecule has 1 amide bonds. The number of amides is 1. The number of carbonyl (C=O) groups excluding carboxylic acids is 1. The van der Waals surface area contributed by atoms with Crippen LogP contribution in [0, 0.1) is 43.5 Å². The van der Waals surface area contributed by atoms with Crippen LogP contribution >= 0.6 is 0 Å². The maximum absolute atomic E-state index is 13.9. The molecule has 15 rings (SSSR count). The molecule has 3 atom stereocenters. The highest BCUT2D eigenvalue weighted by molar-refractivity contribution is 6.01. The molecule has 570 valence electrons. The van der Waals surface area contributed by atoms with Gasteiger partial charge in [0.2, 0.25) is 35.3 Å². The number of carbonyl (C=O) groups is 1. The third-order valence-electron chi connectivity index (χ3n) is 18.3. The van der Waals surface area contributed by atoms with Gasteiger partial charge < -0.3 is 64.8 Å². The van der Waals surface area contributed by atoms with Crippen LogP contribution in [0.2, 0.25) is 0 Å². The minimum Gasteiger partial charge on any atom is -0.494 e. The number of ether oxygens (including phenoxy) is 5. The van der Waals surface area contributed by atoms with Crippen LogP contribution < -0.4 is 45.0 Å². The number of nitrogens with one attached hydrogen (secondary N) is 4. The molecule has 30 heteroatoms. The Kier molecular flexibility index (Phi) is 24.7. The van der Waals surface area contributed by atoms with Gasteiger partial charge in [0, 0.05) is 121 Å². The number of anilines is 7. The second-order valence-electron chi connectivity index (χ2n) is 26.3. The molecule has 3 aromatic heterocycles. The van der Waals surface area contributed by atoms with Crippen LogP contribution in [0.5, 0.6) is 28.7 Å². The Bertz CT molecular complexity index is 5430. The van der Waals surface area contributed by atoms with Crippen molar-refractivity contribution >= 4 is 90.6 Å². The number of nitro benzene ring substituents is 2. The SMILES string of the molecule is C=CC(=O)Nc1cc(Nc2ncc3cccc(-c4cccc(F)c4)c3n2)c(OC)cc1OC1CCN(C)C1.CN1CCC(O)C1.COc1cc(F)c([N+](=O)[O-])cc1Nc1ncc2cccc(-c3cccc(F)c3)c2n1.COc1cc(OC2CCN(C)C2)c([N+](=O)[O-])cc1Nc1ncc2cccc(-c3cccc(F)c3)c2n1. The van der Waals surface area contributed by atoms with E-state index in [1.807, 2.05) is 75.7 Å². The second-order valence-corrected chi connectivity index (χ2v) is 26.3. The molecular formula is C81H77F4N15O11. The van der Waals surface area contributed by atoms with Crippen LogP contribution in [-0.2, 0) is 4.79 Å². The number of hydrogen-bond donors (Lipinski definition) is 5. The van der Waals surface area contributed by atoms with Crippen molar-refractivity contribution in [2.24, 2.45) is 0 Å². The van der Waals surface area contributed by atoms with Crippen molar-refractivity contribution < 1.29 is 61.0 Å². The average Bonchev–Trinajstić information content (AvgIpc) is 1.59. The van der Waals surface area contributed by atoms with Gasteiger partial charge >= 0.3 is 11.4 Å². The van der Waals surface area contributed by atoms with Gasteiger partial charge in [0.05, 0.1) is 76.6 Å². The van der Waals surface area contributed by atoms with E-state index in [1.165, 1.54) is 68.8 Å². The number of aromatic nitrogens is 6. The Labute approximate surface area is 634 Å². The summed E-state index contributed by atoms with van der Waals surface area (Å²) >= 11 is 0. The Balaban J connectivity index is 0.000000149. The lowest BCUT2D eigenvalue weighted by Gasteiger charge is -2.20. The number of likely N-dealkylation sites (tertiary alicyclic amines) is 3. The first-order valence-electron chi connectivity index (χ1n) is 35.1. The first kappa shape index (κ1) is 77.6. The Morgan fingerprint density at radius 2 is 0.865 bits per heavy atom. The van der Waals surface area contributed by atoms with Crippen LogP contribution in [0.25, 0.3) is 66.1 Å². The number of nitrogens with zero attached hydrogens (tertiary/aromatic N) is 11. The van der Waals surface area contributed by atoms with Crippen molar-refractivity contribution in [2.75, 3.05) is 103 Å². The molecule has 9 aromatic carbocycles. The van der Waals surface area contributed by atoms with Gasteiger partial charge in [-0.3, -0.25) is 25.0 Å². The van der Waals surface area contributed by atoms with Gasteiger partial charge in [-0.25, -0.2) is 43.1 Å². The van der Waals surface area contributed by atoms with Crippen LogP contribution in [0.3, 0.4) is 0 Å². The number of para-hydroxylation sites is 3. The average molecular weight is 1510 g/mol. The summed E-state index contributed by atoms with van der Waals surface area (Å²) in [6.07, 6.45) is 8.54. The van der Waals surface area contributed by atoms with Gasteiger partial charge in [0.1, 0.15) is 52.7 Å². The van der Waals surface area contributed by atoms with Crippen molar-refractivity contribution in [2.45, 2.75) is 37.6 Å². The molecule has 5 N–H and O–H groups in total. The fourth-order valence-electron chi connectivity index (χ4n) is 12.8. The maximum Gasteiger partial charge on any atom is 0.313 e. The Hall–Kier alpha value is -13.0. The summed E-state index contributed by atoms with van der Waals surface area (Å²) in [7, 11) is 10.4. The third kappa shape index (κ3) is 19.3. The van der Waals surface area contributed by atoms with Crippen molar-refractivity contribution in [3.05, 3.63) is 239 Å². The monoisotopic (exact) mass is 1510 g/mol. The topological polar surface area (TPSA) is 305 Å². The highest BCUT2D eigenvalue weighted by Gasteiger charge is 2.29. The van der Waals surface area contributed by atoms with Gasteiger partial charge in [-0.05, 0) is 106 Å². The smallest absolute Gasteiger partial charge is 0.313 e. The molecule has 0 spiro atoms. The quantitative estimate of drug-likeness (QED) is 0.0205. The summed E-state index contributed by atoms with van der Waals surface area (Å²) in [5.41, 5.74) is 6.63. The van der Waals surface area contributed by atoms with E-state index in [0.29, 0.717) is 85.6 Å². The minimum atomic E-state index is -1.02. The maximum atomic E-state index is 13.9. The van der Waals surface area contributed by atoms with Crippen molar-refractivity contribution in [3.8, 4) is 62.1 Å². The number of nitro groups is 2. The summed E-state index contributed by atoms with van der Waals surface area (Å²) in [5, 5.41) is 46.0. The highest BCUT2D eigenvalue weighted by Crippen LogP contribution is 2.43. The van der Waals surface area contributed by atoms with Crippen LogP contribution in [0.1, 0.15) is 19.3 Å². The van der Waals surface area contributed by atoms with E-state index in [2.05, 4.69) is 67.5 Å².